The van der Waals surface area contributed by atoms with Crippen LogP contribution >= 0.6 is 11.6 Å². The SMILES string of the molecule is CC(n1nnc(CCN2CCN(c3cccc(Cl)c3)CC2)n1)C1(c2ccc(F)cc2F)CO1. The van der Waals surface area contributed by atoms with E-state index < -0.39 is 17.2 Å². The van der Waals surface area contributed by atoms with Gasteiger partial charge in [0.2, 0.25) is 0 Å². The molecule has 1 aromatic heterocycles. The monoisotopic (exact) mass is 474 g/mol. The first-order chi connectivity index (χ1) is 15.9. The number of nitrogens with zero attached hydrogens (tertiary/aromatic N) is 6. The molecule has 3 heterocycles. The van der Waals surface area contributed by atoms with Gasteiger partial charge in [-0.05, 0) is 36.4 Å². The van der Waals surface area contributed by atoms with Crippen molar-refractivity contribution in [2.45, 2.75) is 25.0 Å². The summed E-state index contributed by atoms with van der Waals surface area (Å²) in [6.07, 6.45) is 0.669. The molecule has 7 nitrogen and oxygen atoms in total. The van der Waals surface area contributed by atoms with Gasteiger partial charge in [-0.25, -0.2) is 8.78 Å². The number of hydrogen-bond acceptors (Lipinski definition) is 6. The van der Waals surface area contributed by atoms with Gasteiger partial charge in [0.15, 0.2) is 5.82 Å². The Bertz CT molecular complexity index is 1130. The average molecular weight is 475 g/mol. The van der Waals surface area contributed by atoms with Crippen LogP contribution in [0.4, 0.5) is 14.5 Å². The predicted molar refractivity (Wildman–Crippen MR) is 120 cm³/mol. The Hall–Kier alpha value is -2.62. The molecule has 2 atom stereocenters. The van der Waals surface area contributed by atoms with Crippen molar-refractivity contribution in [3.8, 4) is 0 Å². The second-order valence-electron chi connectivity index (χ2n) is 8.56. The van der Waals surface area contributed by atoms with E-state index in [9.17, 15) is 8.78 Å². The first-order valence-electron chi connectivity index (χ1n) is 11.1. The number of halogens is 3. The van der Waals surface area contributed by atoms with Crippen LogP contribution in [0.1, 0.15) is 24.4 Å². The van der Waals surface area contributed by atoms with Crippen molar-refractivity contribution >= 4 is 17.3 Å². The molecule has 2 saturated heterocycles. The van der Waals surface area contributed by atoms with Crippen molar-refractivity contribution < 1.29 is 13.5 Å². The van der Waals surface area contributed by atoms with Gasteiger partial charge in [-0.2, -0.15) is 4.80 Å². The number of piperazine rings is 1. The molecule has 0 spiro atoms. The quantitative estimate of drug-likeness (QED) is 0.489. The van der Waals surface area contributed by atoms with Crippen LogP contribution in [-0.2, 0) is 16.8 Å². The Kier molecular flexibility index (Phi) is 6.03. The molecule has 174 valence electrons. The fourth-order valence-corrected chi connectivity index (χ4v) is 4.58. The molecular formula is C23H25ClF2N6O. The summed E-state index contributed by atoms with van der Waals surface area (Å²) >= 11 is 6.11. The molecule has 0 bridgehead atoms. The summed E-state index contributed by atoms with van der Waals surface area (Å²) in [7, 11) is 0. The van der Waals surface area contributed by atoms with Gasteiger partial charge in [-0.1, -0.05) is 23.7 Å². The number of tetrazole rings is 1. The van der Waals surface area contributed by atoms with Gasteiger partial charge in [0.05, 0.1) is 6.61 Å². The van der Waals surface area contributed by atoms with Gasteiger partial charge >= 0.3 is 0 Å². The number of epoxide rings is 1. The maximum absolute atomic E-state index is 14.3. The van der Waals surface area contributed by atoms with Gasteiger partial charge in [-0.3, -0.25) is 4.90 Å². The highest BCUT2D eigenvalue weighted by Crippen LogP contribution is 2.48. The van der Waals surface area contributed by atoms with Crippen LogP contribution in [0.25, 0.3) is 0 Å². The van der Waals surface area contributed by atoms with Crippen molar-refractivity contribution in [1.82, 2.24) is 25.1 Å². The molecule has 3 aromatic rings. The third kappa shape index (κ3) is 4.58. The van der Waals surface area contributed by atoms with Crippen LogP contribution in [0.15, 0.2) is 42.5 Å². The zero-order valence-electron chi connectivity index (χ0n) is 18.3. The molecular weight excluding hydrogens is 450 g/mol. The normalized spacial score (nSPS) is 21.9. The largest absolute Gasteiger partial charge is 0.369 e. The van der Waals surface area contributed by atoms with Crippen LogP contribution in [-0.4, -0.2) is 64.4 Å². The molecule has 33 heavy (non-hydrogen) atoms. The van der Waals surface area contributed by atoms with Crippen LogP contribution in [0.3, 0.4) is 0 Å². The average Bonchev–Trinajstić information content (AvgIpc) is 3.47. The van der Waals surface area contributed by atoms with E-state index in [1.54, 1.807) is 0 Å². The summed E-state index contributed by atoms with van der Waals surface area (Å²) < 4.78 is 33.3. The topological polar surface area (TPSA) is 62.6 Å². The van der Waals surface area contributed by atoms with Gasteiger partial charge in [0, 0.05) is 61.5 Å². The predicted octanol–water partition coefficient (Wildman–Crippen LogP) is 3.46. The minimum Gasteiger partial charge on any atom is -0.369 e. The molecule has 2 unspecified atom stereocenters. The van der Waals surface area contributed by atoms with E-state index >= 15 is 0 Å². The first-order valence-corrected chi connectivity index (χ1v) is 11.4. The second kappa shape index (κ2) is 8.96. The van der Waals surface area contributed by atoms with E-state index in [1.807, 2.05) is 25.1 Å². The summed E-state index contributed by atoms with van der Waals surface area (Å²) in [5, 5.41) is 13.6. The lowest BCUT2D eigenvalue weighted by Gasteiger charge is -2.36. The highest BCUT2D eigenvalue weighted by Gasteiger charge is 2.54. The molecule has 2 aromatic carbocycles. The molecule has 2 fully saturated rings. The number of ether oxygens (including phenoxy) is 1. The fraction of sp³-hybridized carbons (Fsp3) is 0.435. The zero-order valence-corrected chi connectivity index (χ0v) is 19.0. The zero-order chi connectivity index (χ0) is 23.0. The van der Waals surface area contributed by atoms with Gasteiger partial charge < -0.3 is 9.64 Å². The van der Waals surface area contributed by atoms with Crippen LogP contribution < -0.4 is 4.90 Å². The number of hydrogen-bond donors (Lipinski definition) is 0. The van der Waals surface area contributed by atoms with E-state index in [4.69, 9.17) is 16.3 Å². The van der Waals surface area contributed by atoms with Gasteiger partial charge in [-0.15, -0.1) is 10.2 Å². The Balaban J connectivity index is 1.16. The second-order valence-corrected chi connectivity index (χ2v) is 9.00. The smallest absolute Gasteiger partial charge is 0.176 e. The highest BCUT2D eigenvalue weighted by molar-refractivity contribution is 6.30. The number of rotatable bonds is 7. The number of benzene rings is 2. The van der Waals surface area contributed by atoms with Crippen LogP contribution in [0.5, 0.6) is 0 Å². The standard InChI is InChI=1S/C23H25ClF2N6O/c1-16(23(15-33-23)20-6-5-18(25)14-21(20)26)32-28-22(27-29-32)7-8-30-9-11-31(12-10-30)19-4-2-3-17(24)13-19/h2-6,13-14,16H,7-12,15H2,1H3. The molecule has 0 radical (unpaired) electrons. The summed E-state index contributed by atoms with van der Waals surface area (Å²) in [4.78, 5) is 6.19. The van der Waals surface area contributed by atoms with E-state index in [0.717, 1.165) is 49.5 Å². The molecule has 2 aliphatic heterocycles. The molecule has 0 saturated carbocycles. The van der Waals surface area contributed by atoms with Crippen molar-refractivity contribution in [3.63, 3.8) is 0 Å². The molecule has 2 aliphatic rings. The van der Waals surface area contributed by atoms with Crippen molar-refractivity contribution in [1.29, 1.82) is 0 Å². The molecule has 5 rings (SSSR count). The highest BCUT2D eigenvalue weighted by atomic mass is 35.5. The lowest BCUT2D eigenvalue weighted by Crippen LogP contribution is -2.47. The lowest BCUT2D eigenvalue weighted by molar-refractivity contribution is 0.199. The molecule has 10 heteroatoms. The Labute approximate surface area is 195 Å². The maximum Gasteiger partial charge on any atom is 0.176 e. The van der Waals surface area contributed by atoms with E-state index in [2.05, 4.69) is 31.3 Å². The minimum atomic E-state index is -0.896. The van der Waals surface area contributed by atoms with E-state index in [-0.39, 0.29) is 6.04 Å². The molecule has 0 amide bonds. The van der Waals surface area contributed by atoms with Gasteiger partial charge in [0.25, 0.3) is 0 Å². The third-order valence-corrected chi connectivity index (χ3v) is 6.77. The third-order valence-electron chi connectivity index (χ3n) is 6.53. The summed E-state index contributed by atoms with van der Waals surface area (Å²) in [5.41, 5.74) is 0.564. The Morgan fingerprint density at radius 2 is 1.91 bits per heavy atom. The van der Waals surface area contributed by atoms with E-state index in [0.29, 0.717) is 24.4 Å². The Morgan fingerprint density at radius 1 is 1.12 bits per heavy atom. The number of aromatic nitrogens is 4. The van der Waals surface area contributed by atoms with Gasteiger partial charge in [0.1, 0.15) is 23.3 Å². The summed E-state index contributed by atoms with van der Waals surface area (Å²) in [6, 6.07) is 11.1. The number of anilines is 1. The summed E-state index contributed by atoms with van der Waals surface area (Å²) in [6.45, 7) is 6.76. The van der Waals surface area contributed by atoms with Crippen molar-refractivity contribution in [2.75, 3.05) is 44.2 Å². The van der Waals surface area contributed by atoms with Crippen LogP contribution in [0.2, 0.25) is 5.02 Å². The minimum absolute atomic E-state index is 0.313. The maximum atomic E-state index is 14.3. The Morgan fingerprint density at radius 3 is 2.61 bits per heavy atom. The summed E-state index contributed by atoms with van der Waals surface area (Å²) in [5.74, 6) is -0.611. The molecule has 0 aliphatic carbocycles. The van der Waals surface area contributed by atoms with Crippen LogP contribution in [0, 0.1) is 11.6 Å². The van der Waals surface area contributed by atoms with E-state index in [1.165, 1.54) is 16.9 Å². The first kappa shape index (κ1) is 22.2. The lowest BCUT2D eigenvalue weighted by atomic mass is 9.93. The fourth-order valence-electron chi connectivity index (χ4n) is 4.40. The van der Waals surface area contributed by atoms with Crippen molar-refractivity contribution in [3.05, 3.63) is 70.5 Å². The van der Waals surface area contributed by atoms with Crippen molar-refractivity contribution in [2.24, 2.45) is 0 Å². The molecule has 0 N–H and O–H groups in total.